The Morgan fingerprint density at radius 1 is 0.283 bits per heavy atom. The van der Waals surface area contributed by atoms with Gasteiger partial charge in [-0.2, -0.15) is 0 Å². The Morgan fingerprint density at radius 3 is 1.57 bits per heavy atom. The van der Waals surface area contributed by atoms with Gasteiger partial charge in [0, 0.05) is 33.3 Å². The van der Waals surface area contributed by atoms with Crippen molar-refractivity contribution in [1.29, 1.82) is 0 Å². The van der Waals surface area contributed by atoms with Crippen LogP contribution in [0.25, 0.3) is 88.3 Å². The number of hydrogen-bond donors (Lipinski definition) is 0. The van der Waals surface area contributed by atoms with Crippen molar-refractivity contribution in [2.45, 2.75) is 0 Å². The molecule has 0 radical (unpaired) electrons. The van der Waals surface area contributed by atoms with Crippen LogP contribution in [0.5, 0.6) is 0 Å². The molecule has 2 heteroatoms. The maximum atomic E-state index is 6.61. The third-order valence-corrected chi connectivity index (χ3v) is 11.7. The summed E-state index contributed by atoms with van der Waals surface area (Å²) in [6.45, 7) is 0. The molecule has 0 fully saturated rings. The van der Waals surface area contributed by atoms with Crippen molar-refractivity contribution in [2.24, 2.45) is 0 Å². The van der Waals surface area contributed by atoms with Crippen LogP contribution in [0.15, 0.2) is 241 Å². The molecule has 1 heterocycles. The summed E-state index contributed by atoms with van der Waals surface area (Å²) >= 11 is 0. The van der Waals surface area contributed by atoms with Gasteiger partial charge in [-0.15, -0.1) is 0 Å². The molecule has 282 valence electrons. The van der Waals surface area contributed by atoms with E-state index in [0.717, 1.165) is 61.3 Å². The lowest BCUT2D eigenvalue weighted by Gasteiger charge is -2.28. The molecule has 0 unspecified atom stereocenters. The van der Waals surface area contributed by atoms with Crippen LogP contribution in [0, 0.1) is 0 Å². The Morgan fingerprint density at radius 2 is 0.783 bits per heavy atom. The maximum Gasteiger partial charge on any atom is 0.143 e. The Labute approximate surface area is 349 Å². The number of furan rings is 1. The first kappa shape index (κ1) is 35.2. The van der Waals surface area contributed by atoms with E-state index in [2.05, 4.69) is 229 Å². The maximum absolute atomic E-state index is 6.61. The van der Waals surface area contributed by atoms with E-state index < -0.39 is 0 Å². The molecule has 2 nitrogen and oxygen atoms in total. The van der Waals surface area contributed by atoms with Gasteiger partial charge in [0.05, 0.1) is 5.69 Å². The summed E-state index contributed by atoms with van der Waals surface area (Å²) in [4.78, 5) is 2.38. The smallest absolute Gasteiger partial charge is 0.143 e. The SMILES string of the molecule is c1ccc(-c2ccc(-c3ccc(N(c4cccc(-c5ccc(-c6cccc7ccccc67)cc5)c4)c4ccccc4-c4cccc5c4oc4ccccc45)cc3)cc2)cc1. The van der Waals surface area contributed by atoms with Crippen LogP contribution < -0.4 is 4.90 Å². The van der Waals surface area contributed by atoms with Crippen molar-refractivity contribution in [3.63, 3.8) is 0 Å². The van der Waals surface area contributed by atoms with Crippen molar-refractivity contribution < 1.29 is 4.42 Å². The Hall–Kier alpha value is -7.94. The highest BCUT2D eigenvalue weighted by molar-refractivity contribution is 6.11. The van der Waals surface area contributed by atoms with Gasteiger partial charge in [-0.25, -0.2) is 0 Å². The van der Waals surface area contributed by atoms with E-state index in [-0.39, 0.29) is 0 Å². The Kier molecular flexibility index (Phi) is 8.87. The van der Waals surface area contributed by atoms with Gasteiger partial charge < -0.3 is 9.32 Å². The monoisotopic (exact) mass is 765 g/mol. The van der Waals surface area contributed by atoms with Crippen LogP contribution in [-0.2, 0) is 0 Å². The lowest BCUT2D eigenvalue weighted by Crippen LogP contribution is -2.11. The minimum absolute atomic E-state index is 0.889. The van der Waals surface area contributed by atoms with Gasteiger partial charge in [0.1, 0.15) is 11.2 Å². The van der Waals surface area contributed by atoms with Crippen LogP contribution in [0.2, 0.25) is 0 Å². The second kappa shape index (κ2) is 15.1. The molecule has 11 rings (SSSR count). The largest absolute Gasteiger partial charge is 0.455 e. The minimum Gasteiger partial charge on any atom is -0.455 e. The molecule has 0 aliphatic heterocycles. The molecule has 10 aromatic carbocycles. The molecule has 0 atom stereocenters. The van der Waals surface area contributed by atoms with Crippen LogP contribution in [0.1, 0.15) is 0 Å². The highest BCUT2D eigenvalue weighted by Crippen LogP contribution is 2.45. The van der Waals surface area contributed by atoms with Gasteiger partial charge >= 0.3 is 0 Å². The fourth-order valence-electron chi connectivity index (χ4n) is 8.72. The van der Waals surface area contributed by atoms with E-state index in [4.69, 9.17) is 4.42 Å². The molecule has 1 aromatic heterocycles. The quantitative estimate of drug-likeness (QED) is 0.153. The summed E-state index contributed by atoms with van der Waals surface area (Å²) < 4.78 is 6.61. The van der Waals surface area contributed by atoms with Crippen molar-refractivity contribution in [1.82, 2.24) is 0 Å². The van der Waals surface area contributed by atoms with Gasteiger partial charge in [-0.1, -0.05) is 200 Å². The molecule has 0 spiro atoms. The van der Waals surface area contributed by atoms with Gasteiger partial charge in [-0.3, -0.25) is 0 Å². The van der Waals surface area contributed by atoms with Crippen LogP contribution in [0.4, 0.5) is 17.1 Å². The van der Waals surface area contributed by atoms with E-state index in [1.54, 1.807) is 0 Å². The molecule has 11 aromatic rings. The lowest BCUT2D eigenvalue weighted by atomic mass is 9.96. The number of nitrogens with zero attached hydrogens (tertiary/aromatic N) is 1. The first-order valence-electron chi connectivity index (χ1n) is 20.5. The summed E-state index contributed by atoms with van der Waals surface area (Å²) in [5.74, 6) is 0. The average Bonchev–Trinajstić information content (AvgIpc) is 3.72. The zero-order valence-corrected chi connectivity index (χ0v) is 32.9. The first-order chi connectivity index (χ1) is 29.7. The second-order valence-electron chi connectivity index (χ2n) is 15.3. The normalized spacial score (nSPS) is 11.3. The summed E-state index contributed by atoms with van der Waals surface area (Å²) in [5, 5.41) is 4.74. The number of hydrogen-bond acceptors (Lipinski definition) is 2. The zero-order valence-electron chi connectivity index (χ0n) is 32.9. The highest BCUT2D eigenvalue weighted by Gasteiger charge is 2.21. The number of fused-ring (bicyclic) bond motifs is 4. The average molecular weight is 766 g/mol. The van der Waals surface area contributed by atoms with E-state index in [1.807, 2.05) is 12.1 Å². The third-order valence-electron chi connectivity index (χ3n) is 11.7. The van der Waals surface area contributed by atoms with E-state index in [1.165, 1.54) is 44.2 Å². The molecule has 0 amide bonds. The second-order valence-corrected chi connectivity index (χ2v) is 15.3. The topological polar surface area (TPSA) is 16.4 Å². The van der Waals surface area contributed by atoms with E-state index >= 15 is 0 Å². The van der Waals surface area contributed by atoms with Crippen LogP contribution in [-0.4, -0.2) is 0 Å². The number of para-hydroxylation sites is 3. The molecule has 0 N–H and O–H groups in total. The van der Waals surface area contributed by atoms with Crippen LogP contribution >= 0.6 is 0 Å². The fourth-order valence-corrected chi connectivity index (χ4v) is 8.72. The minimum atomic E-state index is 0.889. The summed E-state index contributed by atoms with van der Waals surface area (Å²) in [6.07, 6.45) is 0. The lowest BCUT2D eigenvalue weighted by molar-refractivity contribution is 0.670. The molecule has 0 aliphatic carbocycles. The van der Waals surface area contributed by atoms with E-state index in [9.17, 15) is 0 Å². The Balaban J connectivity index is 1.01. The van der Waals surface area contributed by atoms with Crippen molar-refractivity contribution in [3.05, 3.63) is 237 Å². The van der Waals surface area contributed by atoms with Crippen molar-refractivity contribution >= 4 is 49.8 Å². The fraction of sp³-hybridized carbons (Fsp3) is 0. The number of anilines is 3. The number of rotatable bonds is 8. The molecule has 0 saturated heterocycles. The molecule has 0 saturated carbocycles. The van der Waals surface area contributed by atoms with Gasteiger partial charge in [-0.05, 0) is 91.7 Å². The van der Waals surface area contributed by atoms with Gasteiger partial charge in [0.25, 0.3) is 0 Å². The Bertz CT molecular complexity index is 3280. The highest BCUT2D eigenvalue weighted by atomic mass is 16.3. The number of benzene rings is 10. The van der Waals surface area contributed by atoms with Gasteiger partial charge in [0.2, 0.25) is 0 Å². The predicted octanol–water partition coefficient (Wildman–Crippen LogP) is 16.5. The standard InChI is InChI=1S/C58H39NO/c1-2-13-40(14-3-1)41-27-29-42(30-28-41)43-35-37-48(38-36-43)59(56-25-8-6-20-52(56)54-23-12-24-55-53-21-7-9-26-57(53)60-58(54)55)49-18-10-17-47(39-49)44-31-33-46(34-32-44)51-22-11-16-45-15-4-5-19-50(45)51/h1-39H. The van der Waals surface area contributed by atoms with Crippen molar-refractivity contribution in [3.8, 4) is 55.6 Å². The zero-order chi connectivity index (χ0) is 39.8. The summed E-state index contributed by atoms with van der Waals surface area (Å²) in [7, 11) is 0. The van der Waals surface area contributed by atoms with Crippen molar-refractivity contribution in [2.75, 3.05) is 4.90 Å². The van der Waals surface area contributed by atoms with Crippen LogP contribution in [0.3, 0.4) is 0 Å². The predicted molar refractivity (Wildman–Crippen MR) is 253 cm³/mol. The van der Waals surface area contributed by atoms with Gasteiger partial charge in [0.15, 0.2) is 0 Å². The van der Waals surface area contributed by atoms with E-state index in [0.29, 0.717) is 0 Å². The molecule has 0 aliphatic rings. The third kappa shape index (κ3) is 6.41. The summed E-state index contributed by atoms with van der Waals surface area (Å²) in [5.41, 5.74) is 16.6. The first-order valence-corrected chi connectivity index (χ1v) is 20.5. The summed E-state index contributed by atoms with van der Waals surface area (Å²) in [6, 6.07) is 84.8. The molecular weight excluding hydrogens is 727 g/mol. The molecular formula is C58H39NO. The molecule has 60 heavy (non-hydrogen) atoms. The molecule has 0 bridgehead atoms.